The minimum absolute atomic E-state index is 0.0774. The number of cyclic esters (lactones) is 1. The average Bonchev–Trinajstić information content (AvgIpc) is 2.40. The Morgan fingerprint density at radius 3 is 2.64 bits per heavy atom. The second-order valence-corrected chi connectivity index (χ2v) is 5.34. The van der Waals surface area contributed by atoms with E-state index in [4.69, 9.17) is 4.74 Å². The van der Waals surface area contributed by atoms with Gasteiger partial charge in [-0.15, -0.1) is 0 Å². The predicted molar refractivity (Wildman–Crippen MR) is 77.7 cm³/mol. The second kappa shape index (κ2) is 6.62. The van der Waals surface area contributed by atoms with E-state index in [9.17, 15) is 24.9 Å². The van der Waals surface area contributed by atoms with Gasteiger partial charge in [-0.05, 0) is 37.5 Å². The topological polar surface area (TPSA) is 104 Å². The number of carbonyl (C=O) groups is 2. The smallest absolute Gasteiger partial charge is 0.310 e. The van der Waals surface area contributed by atoms with Crippen LogP contribution in [-0.4, -0.2) is 39.3 Å². The summed E-state index contributed by atoms with van der Waals surface area (Å²) >= 11 is 0. The number of phenols is 2. The van der Waals surface area contributed by atoms with Crippen molar-refractivity contribution in [3.05, 3.63) is 35.4 Å². The molecule has 1 aromatic carbocycles. The van der Waals surface area contributed by atoms with Gasteiger partial charge in [0.25, 0.3) is 0 Å². The molecule has 22 heavy (non-hydrogen) atoms. The number of allylic oxidation sites excluding steroid dienone is 1. The van der Waals surface area contributed by atoms with Crippen LogP contribution < -0.4 is 0 Å². The monoisotopic (exact) mass is 306 g/mol. The lowest BCUT2D eigenvalue weighted by molar-refractivity contribution is -0.147. The summed E-state index contributed by atoms with van der Waals surface area (Å²) < 4.78 is 5.19. The van der Waals surface area contributed by atoms with Gasteiger partial charge in [-0.1, -0.05) is 6.08 Å². The fraction of sp³-hybridized carbons (Fsp3) is 0.375. The number of phenolic OH excluding ortho intramolecular Hbond substituents is 2. The zero-order valence-electron chi connectivity index (χ0n) is 12.2. The fourth-order valence-corrected chi connectivity index (χ4v) is 2.36. The number of esters is 1. The highest BCUT2D eigenvalue weighted by Crippen LogP contribution is 2.29. The summed E-state index contributed by atoms with van der Waals surface area (Å²) in [5.41, 5.74) is 0.103. The first kappa shape index (κ1) is 16.0. The van der Waals surface area contributed by atoms with E-state index in [0.717, 1.165) is 12.1 Å². The third-order valence-corrected chi connectivity index (χ3v) is 3.44. The molecule has 2 atom stereocenters. The van der Waals surface area contributed by atoms with Crippen LogP contribution in [0.1, 0.15) is 35.7 Å². The van der Waals surface area contributed by atoms with Crippen LogP contribution in [0, 0.1) is 0 Å². The summed E-state index contributed by atoms with van der Waals surface area (Å²) in [4.78, 5) is 24.1. The highest BCUT2D eigenvalue weighted by Gasteiger charge is 2.21. The Kier molecular flexibility index (Phi) is 4.82. The zero-order valence-corrected chi connectivity index (χ0v) is 12.2. The summed E-state index contributed by atoms with van der Waals surface area (Å²) in [6.07, 6.45) is 1.87. The molecule has 0 aliphatic carbocycles. The molecule has 0 saturated heterocycles. The van der Waals surface area contributed by atoms with Crippen LogP contribution in [0.5, 0.6) is 11.5 Å². The van der Waals surface area contributed by atoms with Gasteiger partial charge in [0.2, 0.25) is 0 Å². The summed E-state index contributed by atoms with van der Waals surface area (Å²) in [7, 11) is 0. The molecule has 0 amide bonds. The Bertz CT molecular complexity index is 619. The van der Waals surface area contributed by atoms with E-state index in [0.29, 0.717) is 12.8 Å². The van der Waals surface area contributed by atoms with Gasteiger partial charge in [0.15, 0.2) is 5.78 Å². The molecule has 0 radical (unpaired) electrons. The molecule has 1 aliphatic rings. The number of rotatable bonds is 0. The molecule has 0 fully saturated rings. The Labute approximate surface area is 127 Å². The van der Waals surface area contributed by atoms with E-state index in [-0.39, 0.29) is 29.4 Å². The number of hydrogen-bond donors (Lipinski definition) is 3. The normalized spacial score (nSPS) is 23.2. The van der Waals surface area contributed by atoms with E-state index in [1.165, 1.54) is 12.1 Å². The van der Waals surface area contributed by atoms with Crippen LogP contribution in [0.3, 0.4) is 0 Å². The number of carbonyl (C=O) groups excluding carboxylic acids is 2. The van der Waals surface area contributed by atoms with Crippen molar-refractivity contribution < 1.29 is 29.6 Å². The van der Waals surface area contributed by atoms with Crippen LogP contribution in [0.4, 0.5) is 0 Å². The minimum Gasteiger partial charge on any atom is -0.508 e. The SMILES string of the molecule is C[C@H]1CC[C@@H](O)C=CC(=O)c2c(O)cc(O)cc2CC(=O)O1. The molecule has 0 bridgehead atoms. The van der Waals surface area contributed by atoms with Gasteiger partial charge in [0, 0.05) is 6.07 Å². The quantitative estimate of drug-likeness (QED) is 0.627. The maximum Gasteiger partial charge on any atom is 0.310 e. The largest absolute Gasteiger partial charge is 0.508 e. The molecule has 2 rings (SSSR count). The van der Waals surface area contributed by atoms with Crippen LogP contribution >= 0.6 is 0 Å². The Morgan fingerprint density at radius 2 is 1.91 bits per heavy atom. The van der Waals surface area contributed by atoms with Gasteiger partial charge in [-0.2, -0.15) is 0 Å². The molecule has 0 saturated carbocycles. The number of aliphatic hydroxyl groups is 1. The van der Waals surface area contributed by atoms with Crippen molar-refractivity contribution in [2.45, 2.75) is 38.4 Å². The fourth-order valence-electron chi connectivity index (χ4n) is 2.36. The maximum atomic E-state index is 12.2. The summed E-state index contributed by atoms with van der Waals surface area (Å²) in [5, 5.41) is 29.2. The number of ether oxygens (including phenoxy) is 1. The molecule has 1 aromatic rings. The summed E-state index contributed by atoms with van der Waals surface area (Å²) in [5.74, 6) is -1.78. The van der Waals surface area contributed by atoms with Crippen molar-refractivity contribution in [3.8, 4) is 11.5 Å². The van der Waals surface area contributed by atoms with Crippen molar-refractivity contribution >= 4 is 11.8 Å². The predicted octanol–water partition coefficient (Wildman–Crippen LogP) is 1.47. The third kappa shape index (κ3) is 3.85. The molecule has 3 N–H and O–H groups in total. The van der Waals surface area contributed by atoms with E-state index >= 15 is 0 Å². The summed E-state index contributed by atoms with van der Waals surface area (Å²) in [6, 6.07) is 2.27. The number of hydrogen-bond acceptors (Lipinski definition) is 6. The van der Waals surface area contributed by atoms with Gasteiger partial charge < -0.3 is 20.1 Å². The lowest BCUT2D eigenvalue weighted by Crippen LogP contribution is -2.20. The second-order valence-electron chi connectivity index (χ2n) is 5.34. The van der Waals surface area contributed by atoms with Gasteiger partial charge in [-0.3, -0.25) is 9.59 Å². The number of aliphatic hydroxyl groups excluding tert-OH is 1. The molecule has 6 nitrogen and oxygen atoms in total. The molecule has 0 unspecified atom stereocenters. The van der Waals surface area contributed by atoms with Crippen molar-refractivity contribution in [2.24, 2.45) is 0 Å². The highest BCUT2D eigenvalue weighted by molar-refractivity contribution is 6.08. The standard InChI is InChI=1S/C16H18O6/c1-9-2-3-11(17)4-5-13(19)16-10(7-15(21)22-9)6-12(18)8-14(16)20/h4-6,8-9,11,17-18,20H,2-3,7H2,1H3/t9-,11+/m0/s1. The number of aromatic hydroxyl groups is 2. The molecule has 1 aliphatic heterocycles. The maximum absolute atomic E-state index is 12.2. The lowest BCUT2D eigenvalue weighted by atomic mass is 9.98. The average molecular weight is 306 g/mol. The molecule has 6 heteroatoms. The minimum atomic E-state index is -0.841. The first-order valence-corrected chi connectivity index (χ1v) is 7.01. The highest BCUT2D eigenvalue weighted by atomic mass is 16.5. The van der Waals surface area contributed by atoms with Crippen molar-refractivity contribution in [2.75, 3.05) is 0 Å². The van der Waals surface area contributed by atoms with Gasteiger partial charge in [0.1, 0.15) is 11.5 Å². The Hall–Kier alpha value is -2.34. The third-order valence-electron chi connectivity index (χ3n) is 3.44. The zero-order chi connectivity index (χ0) is 16.3. The Morgan fingerprint density at radius 1 is 1.18 bits per heavy atom. The van der Waals surface area contributed by atoms with Crippen LogP contribution in [0.15, 0.2) is 24.3 Å². The first-order chi connectivity index (χ1) is 10.4. The first-order valence-electron chi connectivity index (χ1n) is 7.01. The number of ketones is 1. The van der Waals surface area contributed by atoms with E-state index in [1.54, 1.807) is 6.92 Å². The van der Waals surface area contributed by atoms with Crippen molar-refractivity contribution in [3.63, 3.8) is 0 Å². The van der Waals surface area contributed by atoms with E-state index in [1.807, 2.05) is 0 Å². The van der Waals surface area contributed by atoms with E-state index < -0.39 is 23.6 Å². The van der Waals surface area contributed by atoms with Crippen molar-refractivity contribution in [1.82, 2.24) is 0 Å². The van der Waals surface area contributed by atoms with Gasteiger partial charge in [-0.25, -0.2) is 0 Å². The molecule has 118 valence electrons. The molecular formula is C16H18O6. The van der Waals surface area contributed by atoms with E-state index in [2.05, 4.69) is 0 Å². The molecule has 0 aromatic heterocycles. The number of benzene rings is 1. The molecule has 0 spiro atoms. The Balaban J connectivity index is 2.46. The van der Waals surface area contributed by atoms with Crippen LogP contribution in [-0.2, 0) is 16.0 Å². The summed E-state index contributed by atoms with van der Waals surface area (Å²) in [6.45, 7) is 1.71. The van der Waals surface area contributed by atoms with Crippen LogP contribution in [0.2, 0.25) is 0 Å². The molecule has 1 heterocycles. The molecular weight excluding hydrogens is 288 g/mol. The van der Waals surface area contributed by atoms with Gasteiger partial charge >= 0.3 is 5.97 Å². The lowest BCUT2D eigenvalue weighted by Gasteiger charge is -2.16. The van der Waals surface area contributed by atoms with Crippen molar-refractivity contribution in [1.29, 1.82) is 0 Å². The number of fused-ring (bicyclic) bond motifs is 1. The van der Waals surface area contributed by atoms with Gasteiger partial charge in [0.05, 0.1) is 24.2 Å². The van der Waals surface area contributed by atoms with Crippen LogP contribution in [0.25, 0.3) is 0 Å².